The van der Waals surface area contributed by atoms with Crippen LogP contribution >= 0.6 is 11.6 Å². The SMILES string of the molecule is Cc1ccc(F)c(-c2nnc(CCl)n2C(C)C)c1F. The highest BCUT2D eigenvalue weighted by atomic mass is 35.5. The van der Waals surface area contributed by atoms with E-state index in [1.54, 1.807) is 11.5 Å². The zero-order valence-electron chi connectivity index (χ0n) is 10.9. The van der Waals surface area contributed by atoms with Crippen LogP contribution in [0.5, 0.6) is 0 Å². The summed E-state index contributed by atoms with van der Waals surface area (Å²) in [5.41, 5.74) is 0.208. The monoisotopic (exact) mass is 285 g/mol. The van der Waals surface area contributed by atoms with E-state index in [4.69, 9.17) is 11.6 Å². The van der Waals surface area contributed by atoms with Gasteiger partial charge in [0.1, 0.15) is 17.5 Å². The van der Waals surface area contributed by atoms with Gasteiger partial charge in [-0.15, -0.1) is 21.8 Å². The Kier molecular flexibility index (Phi) is 3.85. The second kappa shape index (κ2) is 5.25. The number of hydrogen-bond acceptors (Lipinski definition) is 2. The van der Waals surface area contributed by atoms with Crippen LogP contribution in [0.1, 0.15) is 31.3 Å². The molecule has 2 rings (SSSR count). The third kappa shape index (κ3) is 2.34. The van der Waals surface area contributed by atoms with Gasteiger partial charge < -0.3 is 4.57 Å². The normalized spacial score (nSPS) is 11.3. The van der Waals surface area contributed by atoms with Gasteiger partial charge in [-0.05, 0) is 32.4 Å². The van der Waals surface area contributed by atoms with E-state index < -0.39 is 11.6 Å². The molecule has 0 spiro atoms. The van der Waals surface area contributed by atoms with Gasteiger partial charge in [-0.1, -0.05) is 6.07 Å². The van der Waals surface area contributed by atoms with Crippen molar-refractivity contribution >= 4 is 11.6 Å². The van der Waals surface area contributed by atoms with Gasteiger partial charge in [0.05, 0.1) is 11.4 Å². The van der Waals surface area contributed by atoms with Crippen LogP contribution in [0, 0.1) is 18.6 Å². The molecule has 2 aromatic rings. The Morgan fingerprint density at radius 1 is 1.26 bits per heavy atom. The number of benzene rings is 1. The Bertz CT molecular complexity index is 608. The molecule has 0 fully saturated rings. The van der Waals surface area contributed by atoms with Gasteiger partial charge in [0.2, 0.25) is 0 Å². The number of nitrogens with zero attached hydrogens (tertiary/aromatic N) is 3. The predicted octanol–water partition coefficient (Wildman–Crippen LogP) is 3.85. The van der Waals surface area contributed by atoms with Gasteiger partial charge in [0.15, 0.2) is 5.82 Å². The molecule has 0 amide bonds. The Balaban J connectivity index is 2.73. The second-order valence-electron chi connectivity index (χ2n) is 4.59. The molecule has 0 atom stereocenters. The number of hydrogen-bond donors (Lipinski definition) is 0. The highest BCUT2D eigenvalue weighted by Gasteiger charge is 2.22. The smallest absolute Gasteiger partial charge is 0.170 e. The minimum atomic E-state index is -0.654. The van der Waals surface area contributed by atoms with Crippen molar-refractivity contribution in [2.75, 3.05) is 0 Å². The first kappa shape index (κ1) is 13.9. The summed E-state index contributed by atoms with van der Waals surface area (Å²) in [6, 6.07) is 2.58. The van der Waals surface area contributed by atoms with Crippen molar-refractivity contribution in [2.45, 2.75) is 32.7 Å². The summed E-state index contributed by atoms with van der Waals surface area (Å²) in [6.45, 7) is 5.35. The Hall–Kier alpha value is -1.49. The van der Waals surface area contributed by atoms with Gasteiger partial charge in [0, 0.05) is 6.04 Å². The lowest BCUT2D eigenvalue weighted by atomic mass is 10.1. The topological polar surface area (TPSA) is 30.7 Å². The van der Waals surface area contributed by atoms with Crippen LogP contribution < -0.4 is 0 Å². The molecule has 102 valence electrons. The Morgan fingerprint density at radius 3 is 2.53 bits per heavy atom. The Labute approximate surface area is 115 Å². The lowest BCUT2D eigenvalue weighted by Crippen LogP contribution is -2.09. The molecule has 0 aliphatic heterocycles. The molecule has 6 heteroatoms. The van der Waals surface area contributed by atoms with Gasteiger partial charge in [0.25, 0.3) is 0 Å². The summed E-state index contributed by atoms with van der Waals surface area (Å²) in [5, 5.41) is 7.78. The first-order chi connectivity index (χ1) is 8.97. The molecule has 3 nitrogen and oxygen atoms in total. The quantitative estimate of drug-likeness (QED) is 0.802. The van der Waals surface area contributed by atoms with E-state index >= 15 is 0 Å². The van der Waals surface area contributed by atoms with Crippen LogP contribution in [-0.4, -0.2) is 14.8 Å². The summed E-state index contributed by atoms with van der Waals surface area (Å²) < 4.78 is 29.7. The van der Waals surface area contributed by atoms with E-state index in [0.29, 0.717) is 11.4 Å². The van der Waals surface area contributed by atoms with Gasteiger partial charge in [-0.3, -0.25) is 0 Å². The third-order valence-electron chi connectivity index (χ3n) is 2.91. The second-order valence-corrected chi connectivity index (χ2v) is 4.86. The molecule has 0 unspecified atom stereocenters. The first-order valence-electron chi connectivity index (χ1n) is 5.92. The predicted molar refractivity (Wildman–Crippen MR) is 70.1 cm³/mol. The van der Waals surface area contributed by atoms with Crippen LogP contribution in [0.15, 0.2) is 12.1 Å². The highest BCUT2D eigenvalue weighted by molar-refractivity contribution is 6.16. The zero-order chi connectivity index (χ0) is 14.2. The van der Waals surface area contributed by atoms with Crippen LogP contribution in [0.25, 0.3) is 11.4 Å². The summed E-state index contributed by atoms with van der Waals surface area (Å²) in [7, 11) is 0. The zero-order valence-corrected chi connectivity index (χ0v) is 11.7. The Morgan fingerprint density at radius 2 is 1.95 bits per heavy atom. The molecule has 0 bridgehead atoms. The standard InChI is InChI=1S/C13H14ClF2N3/c1-7(2)19-10(6-14)17-18-13(19)11-9(15)5-4-8(3)12(11)16/h4-5,7H,6H2,1-3H3. The van der Waals surface area contributed by atoms with Crippen molar-refractivity contribution in [1.82, 2.24) is 14.8 Å². The maximum absolute atomic E-state index is 14.2. The number of halogens is 3. The van der Waals surface area contributed by atoms with E-state index in [9.17, 15) is 8.78 Å². The van der Waals surface area contributed by atoms with Gasteiger partial charge >= 0.3 is 0 Å². The molecule has 0 saturated carbocycles. The number of alkyl halides is 1. The maximum Gasteiger partial charge on any atom is 0.170 e. The molecule has 1 aromatic carbocycles. The number of aryl methyl sites for hydroxylation is 1. The van der Waals surface area contributed by atoms with E-state index in [1.807, 2.05) is 13.8 Å². The molecular formula is C13H14ClF2N3. The van der Waals surface area contributed by atoms with Crippen molar-refractivity contribution in [2.24, 2.45) is 0 Å². The number of aromatic nitrogens is 3. The first-order valence-corrected chi connectivity index (χ1v) is 6.45. The third-order valence-corrected chi connectivity index (χ3v) is 3.15. The fourth-order valence-electron chi connectivity index (χ4n) is 1.99. The lowest BCUT2D eigenvalue weighted by Gasteiger charge is -2.14. The summed E-state index contributed by atoms with van der Waals surface area (Å²) in [4.78, 5) is 0. The molecular weight excluding hydrogens is 272 g/mol. The largest absolute Gasteiger partial charge is 0.307 e. The highest BCUT2D eigenvalue weighted by Crippen LogP contribution is 2.29. The molecule has 0 radical (unpaired) electrons. The van der Waals surface area contributed by atoms with E-state index in [0.717, 1.165) is 0 Å². The molecule has 1 heterocycles. The molecule has 0 saturated heterocycles. The lowest BCUT2D eigenvalue weighted by molar-refractivity contribution is 0.559. The van der Waals surface area contributed by atoms with Crippen LogP contribution in [0.4, 0.5) is 8.78 Å². The molecule has 0 N–H and O–H groups in total. The minimum absolute atomic E-state index is 0.0435. The summed E-state index contributed by atoms with van der Waals surface area (Å²) >= 11 is 5.78. The van der Waals surface area contributed by atoms with E-state index in [1.165, 1.54) is 12.1 Å². The fraction of sp³-hybridized carbons (Fsp3) is 0.385. The number of rotatable bonds is 3. The molecule has 0 aliphatic rings. The van der Waals surface area contributed by atoms with E-state index in [-0.39, 0.29) is 23.3 Å². The minimum Gasteiger partial charge on any atom is -0.307 e. The fourth-order valence-corrected chi connectivity index (χ4v) is 2.17. The van der Waals surface area contributed by atoms with Crippen molar-refractivity contribution in [3.8, 4) is 11.4 Å². The summed E-state index contributed by atoms with van der Waals surface area (Å²) in [5.74, 6) is -0.467. The van der Waals surface area contributed by atoms with Crippen LogP contribution in [0.2, 0.25) is 0 Å². The summed E-state index contributed by atoms with van der Waals surface area (Å²) in [6.07, 6.45) is 0. The van der Waals surface area contributed by atoms with Crippen molar-refractivity contribution < 1.29 is 8.78 Å². The molecule has 1 aromatic heterocycles. The van der Waals surface area contributed by atoms with Gasteiger partial charge in [-0.25, -0.2) is 8.78 Å². The van der Waals surface area contributed by atoms with Crippen molar-refractivity contribution in [3.63, 3.8) is 0 Å². The van der Waals surface area contributed by atoms with E-state index in [2.05, 4.69) is 10.2 Å². The van der Waals surface area contributed by atoms with Gasteiger partial charge in [-0.2, -0.15) is 0 Å². The van der Waals surface area contributed by atoms with Crippen LogP contribution in [-0.2, 0) is 5.88 Å². The average molecular weight is 286 g/mol. The van der Waals surface area contributed by atoms with Crippen LogP contribution in [0.3, 0.4) is 0 Å². The molecule has 19 heavy (non-hydrogen) atoms. The van der Waals surface area contributed by atoms with Crippen molar-refractivity contribution in [1.29, 1.82) is 0 Å². The van der Waals surface area contributed by atoms with Crippen molar-refractivity contribution in [3.05, 3.63) is 35.2 Å². The maximum atomic E-state index is 14.2. The molecule has 0 aliphatic carbocycles. The average Bonchev–Trinajstić information content (AvgIpc) is 2.78.